The number of nitrogens with two attached hydrogens (primary N) is 1. The topological polar surface area (TPSA) is 68.0 Å². The lowest BCUT2D eigenvalue weighted by atomic mass is 10.2. The summed E-state index contributed by atoms with van der Waals surface area (Å²) in [7, 11) is 0. The van der Waals surface area contributed by atoms with Crippen molar-refractivity contribution in [2.45, 2.75) is 0 Å². The first-order valence-electron chi connectivity index (χ1n) is 5.37. The number of pyridine rings is 1. The number of benzene rings is 1. The maximum Gasteiger partial charge on any atom is 0.258 e. The van der Waals surface area contributed by atoms with Crippen molar-refractivity contribution in [3.63, 3.8) is 0 Å². The molecule has 1 amide bonds. The molecule has 0 aliphatic carbocycles. The minimum atomic E-state index is -1.82. The third-order valence-corrected chi connectivity index (χ3v) is 2.51. The molecule has 0 saturated heterocycles. The summed E-state index contributed by atoms with van der Waals surface area (Å²) >= 11 is 0. The third kappa shape index (κ3) is 2.62. The lowest BCUT2D eigenvalue weighted by Crippen LogP contribution is -2.18. The maximum absolute atomic E-state index is 13.5. The van der Waals surface area contributed by atoms with E-state index in [0.717, 1.165) is 12.3 Å². The van der Waals surface area contributed by atoms with E-state index in [1.807, 2.05) is 0 Å². The highest BCUT2D eigenvalue weighted by molar-refractivity contribution is 6.05. The first-order valence-corrected chi connectivity index (χ1v) is 5.37. The Labute approximate surface area is 114 Å². The van der Waals surface area contributed by atoms with Crippen molar-refractivity contribution < 1.29 is 26.7 Å². The van der Waals surface area contributed by atoms with E-state index in [9.17, 15) is 26.7 Å². The van der Waals surface area contributed by atoms with Gasteiger partial charge in [0.15, 0.2) is 34.9 Å². The van der Waals surface area contributed by atoms with Gasteiger partial charge < -0.3 is 11.1 Å². The number of nitrogens with zero attached hydrogens (tertiary/aromatic N) is 1. The molecule has 0 spiro atoms. The molecule has 0 saturated carbocycles. The number of amides is 1. The Hall–Kier alpha value is -2.71. The molecule has 0 unspecified atom stereocenters. The highest BCUT2D eigenvalue weighted by Crippen LogP contribution is 2.25. The van der Waals surface area contributed by atoms with Gasteiger partial charge in [-0.3, -0.25) is 4.79 Å². The number of carbonyl (C=O) groups is 1. The minimum absolute atomic E-state index is 0.0225. The molecule has 1 heterocycles. The predicted molar refractivity (Wildman–Crippen MR) is 62.8 cm³/mol. The van der Waals surface area contributed by atoms with Gasteiger partial charge in [0.2, 0.25) is 0 Å². The van der Waals surface area contributed by atoms with E-state index in [2.05, 4.69) is 4.98 Å². The Balaban J connectivity index is 2.43. The number of nitrogens with one attached hydrogen (secondary N) is 1. The summed E-state index contributed by atoms with van der Waals surface area (Å²) in [5.74, 6) is -10.2. The van der Waals surface area contributed by atoms with Crippen LogP contribution in [0.4, 0.5) is 33.5 Å². The average molecular weight is 303 g/mol. The largest absolute Gasteiger partial charge is 0.381 e. The van der Waals surface area contributed by atoms with Crippen LogP contribution in [0.1, 0.15) is 10.4 Å². The number of aromatic nitrogens is 1. The zero-order chi connectivity index (χ0) is 15.7. The molecule has 3 N–H and O–H groups in total. The SMILES string of the molecule is Nc1nccc(C(=O)Nc2c(F)c(F)cc(F)c2F)c1F. The Morgan fingerprint density at radius 3 is 2.19 bits per heavy atom. The van der Waals surface area contributed by atoms with Crippen molar-refractivity contribution in [2.75, 3.05) is 11.1 Å². The standard InChI is InChI=1S/C12H6F5N3O/c13-5-3-6(14)9(17)10(8(5)16)20-12(21)4-1-2-19-11(18)7(4)15/h1-3H,(H2,18,19)(H,20,21). The molecule has 1 aromatic carbocycles. The minimum Gasteiger partial charge on any atom is -0.381 e. The van der Waals surface area contributed by atoms with Crippen molar-refractivity contribution in [1.82, 2.24) is 4.98 Å². The van der Waals surface area contributed by atoms with Gasteiger partial charge in [-0.15, -0.1) is 0 Å². The summed E-state index contributed by atoms with van der Waals surface area (Å²) < 4.78 is 66.2. The van der Waals surface area contributed by atoms with Crippen LogP contribution in [0.5, 0.6) is 0 Å². The second-order valence-electron chi connectivity index (χ2n) is 3.86. The number of rotatable bonds is 2. The van der Waals surface area contributed by atoms with Gasteiger partial charge in [-0.1, -0.05) is 0 Å². The predicted octanol–water partition coefficient (Wildman–Crippen LogP) is 2.61. The Morgan fingerprint density at radius 1 is 1.05 bits per heavy atom. The van der Waals surface area contributed by atoms with Gasteiger partial charge in [-0.25, -0.2) is 26.9 Å². The molecule has 2 aromatic rings. The molecule has 21 heavy (non-hydrogen) atoms. The summed E-state index contributed by atoms with van der Waals surface area (Å²) in [4.78, 5) is 15.0. The van der Waals surface area contributed by atoms with Gasteiger partial charge in [-0.05, 0) is 6.07 Å². The molecular formula is C12H6F5N3O. The molecule has 9 heteroatoms. The molecular weight excluding hydrogens is 297 g/mol. The highest BCUT2D eigenvalue weighted by atomic mass is 19.2. The van der Waals surface area contributed by atoms with Crippen LogP contribution in [0, 0.1) is 29.1 Å². The Bertz CT molecular complexity index is 709. The maximum atomic E-state index is 13.5. The van der Waals surface area contributed by atoms with Crippen LogP contribution >= 0.6 is 0 Å². The zero-order valence-corrected chi connectivity index (χ0v) is 10.1. The summed E-state index contributed by atoms with van der Waals surface area (Å²) in [6.07, 6.45) is 0.978. The second-order valence-corrected chi connectivity index (χ2v) is 3.86. The Kier molecular flexibility index (Phi) is 3.74. The van der Waals surface area contributed by atoms with E-state index >= 15 is 0 Å². The van der Waals surface area contributed by atoms with Crippen LogP contribution in [-0.4, -0.2) is 10.9 Å². The van der Waals surface area contributed by atoms with Gasteiger partial charge in [-0.2, -0.15) is 0 Å². The number of anilines is 2. The van der Waals surface area contributed by atoms with E-state index in [1.54, 1.807) is 5.32 Å². The number of halogens is 5. The van der Waals surface area contributed by atoms with E-state index < -0.39 is 52.1 Å². The van der Waals surface area contributed by atoms with Gasteiger partial charge in [0.05, 0.1) is 5.56 Å². The van der Waals surface area contributed by atoms with Gasteiger partial charge in [0.1, 0.15) is 5.69 Å². The first-order chi connectivity index (χ1) is 9.82. The zero-order valence-electron chi connectivity index (χ0n) is 10.1. The number of nitrogen functional groups attached to an aromatic ring is 1. The molecule has 110 valence electrons. The van der Waals surface area contributed by atoms with E-state index in [4.69, 9.17) is 5.73 Å². The molecule has 2 rings (SSSR count). The average Bonchev–Trinajstić information content (AvgIpc) is 2.44. The molecule has 0 atom stereocenters. The summed E-state index contributed by atoms with van der Waals surface area (Å²) in [5, 5.41) is 1.55. The number of hydrogen-bond donors (Lipinski definition) is 2. The van der Waals surface area contributed by atoms with Crippen LogP contribution < -0.4 is 11.1 Å². The fourth-order valence-corrected chi connectivity index (χ4v) is 1.50. The van der Waals surface area contributed by atoms with Crippen LogP contribution in [0.3, 0.4) is 0 Å². The molecule has 1 aromatic heterocycles. The highest BCUT2D eigenvalue weighted by Gasteiger charge is 2.23. The summed E-state index contributed by atoms with van der Waals surface area (Å²) in [5.41, 5.74) is 3.07. The molecule has 0 aliphatic heterocycles. The van der Waals surface area contributed by atoms with E-state index in [-0.39, 0.29) is 6.07 Å². The lowest BCUT2D eigenvalue weighted by molar-refractivity contribution is 0.102. The van der Waals surface area contributed by atoms with Crippen LogP contribution in [0.2, 0.25) is 0 Å². The van der Waals surface area contributed by atoms with Gasteiger partial charge >= 0.3 is 0 Å². The Morgan fingerprint density at radius 2 is 1.62 bits per heavy atom. The van der Waals surface area contributed by atoms with E-state index in [1.165, 1.54) is 0 Å². The van der Waals surface area contributed by atoms with Crippen molar-refractivity contribution in [2.24, 2.45) is 0 Å². The molecule has 0 aliphatic rings. The lowest BCUT2D eigenvalue weighted by Gasteiger charge is -2.09. The second kappa shape index (κ2) is 5.35. The van der Waals surface area contributed by atoms with Crippen LogP contribution in [0.25, 0.3) is 0 Å². The van der Waals surface area contributed by atoms with Gasteiger partial charge in [0.25, 0.3) is 5.91 Å². The fraction of sp³-hybridized carbons (Fsp3) is 0. The third-order valence-electron chi connectivity index (χ3n) is 2.51. The van der Waals surface area contributed by atoms with Crippen LogP contribution in [-0.2, 0) is 0 Å². The molecule has 4 nitrogen and oxygen atoms in total. The monoisotopic (exact) mass is 303 g/mol. The van der Waals surface area contributed by atoms with E-state index in [0.29, 0.717) is 0 Å². The van der Waals surface area contributed by atoms with Crippen molar-refractivity contribution >= 4 is 17.4 Å². The molecule has 0 radical (unpaired) electrons. The molecule has 0 fully saturated rings. The normalized spacial score (nSPS) is 10.5. The first kappa shape index (κ1) is 14.7. The van der Waals surface area contributed by atoms with Crippen LogP contribution in [0.15, 0.2) is 18.3 Å². The summed E-state index contributed by atoms with van der Waals surface area (Å²) in [6.45, 7) is 0. The van der Waals surface area contributed by atoms with Crippen molar-refractivity contribution in [3.8, 4) is 0 Å². The smallest absolute Gasteiger partial charge is 0.258 e. The molecule has 0 bridgehead atoms. The quantitative estimate of drug-likeness (QED) is 0.662. The number of hydrogen-bond acceptors (Lipinski definition) is 3. The van der Waals surface area contributed by atoms with Gasteiger partial charge in [0, 0.05) is 12.3 Å². The summed E-state index contributed by atoms with van der Waals surface area (Å²) in [6, 6.07) is 0.859. The van der Waals surface area contributed by atoms with Crippen molar-refractivity contribution in [1.29, 1.82) is 0 Å². The number of carbonyl (C=O) groups excluding carboxylic acids is 1. The van der Waals surface area contributed by atoms with Crippen molar-refractivity contribution in [3.05, 3.63) is 53.0 Å². The fourth-order valence-electron chi connectivity index (χ4n) is 1.50.